The number of ether oxygens (including phenoxy) is 2. The molecule has 1 rings (SSSR count). The second-order valence-corrected chi connectivity index (χ2v) is 4.42. The molecule has 0 amide bonds. The molecule has 0 saturated heterocycles. The second-order valence-electron chi connectivity index (χ2n) is 4.42. The lowest BCUT2D eigenvalue weighted by molar-refractivity contribution is -0.123. The number of allylic oxidation sites excluding steroid dienone is 2. The molecule has 0 aromatic rings. The molecular formula is C13H18F2O2. The van der Waals surface area contributed by atoms with Gasteiger partial charge in [0.25, 0.3) is 0 Å². The first-order chi connectivity index (χ1) is 7.84. The smallest absolute Gasteiger partial charge is 0.248 e. The summed E-state index contributed by atoms with van der Waals surface area (Å²) in [7, 11) is 1.50. The zero-order valence-electron chi connectivity index (χ0n) is 10.3. The fourth-order valence-corrected chi connectivity index (χ4v) is 1.67. The van der Waals surface area contributed by atoms with E-state index in [2.05, 4.69) is 13.2 Å². The normalized spacial score (nSPS) is 19.4. The molecular weight excluding hydrogens is 226 g/mol. The molecule has 0 aromatic carbocycles. The Labute approximate surface area is 101 Å². The van der Waals surface area contributed by atoms with E-state index in [9.17, 15) is 8.78 Å². The summed E-state index contributed by atoms with van der Waals surface area (Å²) in [5, 5.41) is 0. The van der Waals surface area contributed by atoms with Crippen molar-refractivity contribution in [2.75, 3.05) is 13.7 Å². The van der Waals surface area contributed by atoms with Crippen molar-refractivity contribution in [1.82, 2.24) is 0 Å². The van der Waals surface area contributed by atoms with E-state index in [0.717, 1.165) is 5.57 Å². The SMILES string of the molecule is C=C(C)/C=C(/OC)C(=C)OCC1CC(F)(F)C1. The minimum atomic E-state index is -2.51. The van der Waals surface area contributed by atoms with E-state index >= 15 is 0 Å². The second kappa shape index (κ2) is 5.34. The van der Waals surface area contributed by atoms with Crippen LogP contribution in [0.3, 0.4) is 0 Å². The lowest BCUT2D eigenvalue weighted by Crippen LogP contribution is -2.37. The number of methoxy groups -OCH3 is 1. The van der Waals surface area contributed by atoms with E-state index < -0.39 is 5.92 Å². The summed E-state index contributed by atoms with van der Waals surface area (Å²) in [6.07, 6.45) is 1.48. The maximum atomic E-state index is 12.6. The lowest BCUT2D eigenvalue weighted by Gasteiger charge is -2.34. The Morgan fingerprint density at radius 2 is 2.00 bits per heavy atom. The predicted molar refractivity (Wildman–Crippen MR) is 62.7 cm³/mol. The molecule has 1 fully saturated rings. The van der Waals surface area contributed by atoms with Gasteiger partial charge in [-0.05, 0) is 13.0 Å². The predicted octanol–water partition coefficient (Wildman–Crippen LogP) is 3.67. The Morgan fingerprint density at radius 3 is 2.41 bits per heavy atom. The Balaban J connectivity index is 2.37. The third-order valence-electron chi connectivity index (χ3n) is 2.54. The van der Waals surface area contributed by atoms with Crippen LogP contribution in [0.15, 0.2) is 36.3 Å². The van der Waals surface area contributed by atoms with Crippen LogP contribution in [0.1, 0.15) is 19.8 Å². The molecule has 0 N–H and O–H groups in total. The van der Waals surface area contributed by atoms with Crippen LogP contribution in [0, 0.1) is 5.92 Å². The highest BCUT2D eigenvalue weighted by atomic mass is 19.3. The Kier molecular flexibility index (Phi) is 4.32. The van der Waals surface area contributed by atoms with Crippen molar-refractivity contribution in [2.24, 2.45) is 5.92 Å². The van der Waals surface area contributed by atoms with E-state index in [4.69, 9.17) is 9.47 Å². The first-order valence-electron chi connectivity index (χ1n) is 5.45. The van der Waals surface area contributed by atoms with Gasteiger partial charge in [-0.25, -0.2) is 8.78 Å². The zero-order valence-corrected chi connectivity index (χ0v) is 10.3. The molecule has 0 radical (unpaired) electrons. The van der Waals surface area contributed by atoms with Crippen LogP contribution in [0.2, 0.25) is 0 Å². The van der Waals surface area contributed by atoms with Crippen LogP contribution in [-0.2, 0) is 9.47 Å². The van der Waals surface area contributed by atoms with E-state index in [0.29, 0.717) is 11.5 Å². The van der Waals surface area contributed by atoms with E-state index in [-0.39, 0.29) is 25.4 Å². The molecule has 0 spiro atoms. The highest BCUT2D eigenvalue weighted by Crippen LogP contribution is 2.42. The van der Waals surface area contributed by atoms with Crippen LogP contribution in [0.5, 0.6) is 0 Å². The average molecular weight is 244 g/mol. The lowest BCUT2D eigenvalue weighted by atomic mass is 9.82. The molecule has 96 valence electrons. The number of hydrogen-bond acceptors (Lipinski definition) is 2. The molecule has 0 bridgehead atoms. The Hall–Kier alpha value is -1.32. The van der Waals surface area contributed by atoms with Gasteiger partial charge in [0.1, 0.15) is 0 Å². The number of hydrogen-bond donors (Lipinski definition) is 0. The summed E-state index contributed by atoms with van der Waals surface area (Å²) in [5.74, 6) is -1.77. The van der Waals surface area contributed by atoms with Crippen molar-refractivity contribution in [3.63, 3.8) is 0 Å². The highest BCUT2D eigenvalue weighted by molar-refractivity contribution is 5.25. The topological polar surface area (TPSA) is 18.5 Å². The van der Waals surface area contributed by atoms with Crippen molar-refractivity contribution in [1.29, 1.82) is 0 Å². The molecule has 0 heterocycles. The third-order valence-corrected chi connectivity index (χ3v) is 2.54. The van der Waals surface area contributed by atoms with E-state index in [1.54, 1.807) is 6.08 Å². The maximum absolute atomic E-state index is 12.6. The van der Waals surface area contributed by atoms with Crippen molar-refractivity contribution >= 4 is 0 Å². The van der Waals surface area contributed by atoms with Gasteiger partial charge in [-0.3, -0.25) is 0 Å². The molecule has 1 aliphatic rings. The zero-order chi connectivity index (χ0) is 13.1. The summed E-state index contributed by atoms with van der Waals surface area (Å²) < 4.78 is 35.6. The van der Waals surface area contributed by atoms with Crippen molar-refractivity contribution in [3.05, 3.63) is 36.3 Å². The van der Waals surface area contributed by atoms with Crippen molar-refractivity contribution in [3.8, 4) is 0 Å². The maximum Gasteiger partial charge on any atom is 0.248 e. The number of rotatable bonds is 6. The van der Waals surface area contributed by atoms with E-state index in [1.807, 2.05) is 6.92 Å². The van der Waals surface area contributed by atoms with Gasteiger partial charge in [0, 0.05) is 18.8 Å². The van der Waals surface area contributed by atoms with Gasteiger partial charge in [-0.15, -0.1) is 0 Å². The highest BCUT2D eigenvalue weighted by Gasteiger charge is 2.45. The molecule has 1 saturated carbocycles. The summed E-state index contributed by atoms with van der Waals surface area (Å²) in [4.78, 5) is 0. The molecule has 4 heteroatoms. The van der Waals surface area contributed by atoms with Crippen molar-refractivity contribution in [2.45, 2.75) is 25.7 Å². The standard InChI is InChI=1S/C13H18F2O2/c1-9(2)5-12(16-4)10(3)17-8-11-6-13(14,15)7-11/h5,11H,1,3,6-8H2,2,4H3/b12-5+. The van der Waals surface area contributed by atoms with Gasteiger partial charge in [0.05, 0.1) is 13.7 Å². The Bertz CT molecular complexity index is 337. The van der Waals surface area contributed by atoms with Gasteiger partial charge >= 0.3 is 0 Å². The fourth-order valence-electron chi connectivity index (χ4n) is 1.67. The third kappa shape index (κ3) is 4.21. The number of halogens is 2. The molecule has 1 aliphatic carbocycles. The van der Waals surface area contributed by atoms with Crippen LogP contribution in [0.4, 0.5) is 8.78 Å². The van der Waals surface area contributed by atoms with Gasteiger partial charge in [0.15, 0.2) is 11.5 Å². The largest absolute Gasteiger partial charge is 0.493 e. The number of alkyl halides is 2. The first-order valence-corrected chi connectivity index (χ1v) is 5.45. The van der Waals surface area contributed by atoms with E-state index in [1.165, 1.54) is 7.11 Å². The van der Waals surface area contributed by atoms with Crippen LogP contribution >= 0.6 is 0 Å². The minimum absolute atomic E-state index is 0.0929. The fraction of sp³-hybridized carbons (Fsp3) is 0.538. The minimum Gasteiger partial charge on any atom is -0.493 e. The average Bonchev–Trinajstić information content (AvgIpc) is 2.19. The molecule has 0 atom stereocenters. The summed E-state index contributed by atoms with van der Waals surface area (Å²) in [5.41, 5.74) is 0.807. The summed E-state index contributed by atoms with van der Waals surface area (Å²) >= 11 is 0. The van der Waals surface area contributed by atoms with Gasteiger partial charge in [0.2, 0.25) is 5.92 Å². The van der Waals surface area contributed by atoms with Gasteiger partial charge in [-0.1, -0.05) is 18.7 Å². The first kappa shape index (κ1) is 13.7. The molecule has 0 unspecified atom stereocenters. The van der Waals surface area contributed by atoms with Crippen LogP contribution in [-0.4, -0.2) is 19.6 Å². The Morgan fingerprint density at radius 1 is 1.41 bits per heavy atom. The van der Waals surface area contributed by atoms with Crippen LogP contribution in [0.25, 0.3) is 0 Å². The molecule has 2 nitrogen and oxygen atoms in total. The summed E-state index contributed by atoms with van der Waals surface area (Å²) in [6.45, 7) is 9.49. The van der Waals surface area contributed by atoms with Gasteiger partial charge in [-0.2, -0.15) is 0 Å². The molecule has 0 aromatic heterocycles. The van der Waals surface area contributed by atoms with Crippen LogP contribution < -0.4 is 0 Å². The summed E-state index contributed by atoms with van der Waals surface area (Å²) in [6, 6.07) is 0. The monoisotopic (exact) mass is 244 g/mol. The molecule has 0 aliphatic heterocycles. The van der Waals surface area contributed by atoms with Crippen molar-refractivity contribution < 1.29 is 18.3 Å². The molecule has 17 heavy (non-hydrogen) atoms. The quantitative estimate of drug-likeness (QED) is 0.524. The van der Waals surface area contributed by atoms with Gasteiger partial charge < -0.3 is 9.47 Å².